The summed E-state index contributed by atoms with van der Waals surface area (Å²) in [7, 11) is 0. The number of hydrogen-bond donors (Lipinski definition) is 1. The minimum Gasteiger partial charge on any atom is -0.379 e. The van der Waals surface area contributed by atoms with E-state index < -0.39 is 0 Å². The Morgan fingerprint density at radius 3 is 2.41 bits per heavy atom. The molecule has 17 heavy (non-hydrogen) atoms. The van der Waals surface area contributed by atoms with Gasteiger partial charge in [0.25, 0.3) is 0 Å². The molecule has 0 radical (unpaired) electrons. The van der Waals surface area contributed by atoms with E-state index in [0.717, 1.165) is 5.69 Å². The zero-order valence-electron chi connectivity index (χ0n) is 10.5. The number of nitrogens with one attached hydrogen (secondary N) is 1. The molecule has 94 valence electrons. The van der Waals surface area contributed by atoms with Crippen LogP contribution in [0.25, 0.3) is 0 Å². The normalized spacial score (nSPS) is 13.2. The zero-order chi connectivity index (χ0) is 12.9. The highest BCUT2D eigenvalue weighted by molar-refractivity contribution is 14.1. The molecule has 4 heteroatoms. The van der Waals surface area contributed by atoms with Crippen molar-refractivity contribution in [3.05, 3.63) is 29.2 Å². The van der Waals surface area contributed by atoms with Gasteiger partial charge in [0.15, 0.2) is 0 Å². The first-order valence-electron chi connectivity index (χ1n) is 5.85. The van der Waals surface area contributed by atoms with Crippen LogP contribution in [0.15, 0.2) is 29.4 Å². The van der Waals surface area contributed by atoms with Gasteiger partial charge in [0, 0.05) is 15.2 Å². The minimum absolute atomic E-state index is 0.0344. The molecule has 1 aromatic rings. The molecule has 0 aliphatic heterocycles. The van der Waals surface area contributed by atoms with Crippen molar-refractivity contribution in [3.63, 3.8) is 0 Å². The maximum Gasteiger partial charge on any atom is 0.108 e. The molecule has 0 saturated heterocycles. The quantitative estimate of drug-likeness (QED) is 0.453. The van der Waals surface area contributed by atoms with Crippen molar-refractivity contribution in [2.45, 2.75) is 43.1 Å². The van der Waals surface area contributed by atoms with Crippen molar-refractivity contribution >= 4 is 34.0 Å². The van der Waals surface area contributed by atoms with Crippen molar-refractivity contribution in [3.8, 4) is 0 Å². The topological polar surface area (TPSA) is 41.5 Å². The van der Waals surface area contributed by atoms with E-state index in [1.165, 1.54) is 12.8 Å². The van der Waals surface area contributed by atoms with E-state index >= 15 is 0 Å². The zero-order valence-corrected chi connectivity index (χ0v) is 12.7. The largest absolute Gasteiger partial charge is 0.379 e. The van der Waals surface area contributed by atoms with Gasteiger partial charge in [-0.3, -0.25) is 0 Å². The molecule has 0 bridgehead atoms. The molecule has 0 aliphatic carbocycles. The van der Waals surface area contributed by atoms with Crippen LogP contribution in [0.1, 0.15) is 33.6 Å². The van der Waals surface area contributed by atoms with Crippen molar-refractivity contribution < 1.29 is 0 Å². The third-order valence-electron chi connectivity index (χ3n) is 2.76. The van der Waals surface area contributed by atoms with Gasteiger partial charge in [-0.2, -0.15) is 0 Å². The average Bonchev–Trinajstić information content (AvgIpc) is 2.30. The van der Waals surface area contributed by atoms with Crippen LogP contribution in [0.3, 0.4) is 0 Å². The lowest BCUT2D eigenvalue weighted by Gasteiger charge is -2.32. The Morgan fingerprint density at radius 1 is 1.35 bits per heavy atom. The molecule has 0 amide bonds. The summed E-state index contributed by atoms with van der Waals surface area (Å²) in [5, 5.41) is 6.40. The smallest absolute Gasteiger partial charge is 0.108 e. The number of benzene rings is 1. The van der Waals surface area contributed by atoms with Crippen LogP contribution < -0.4 is 5.32 Å². The van der Waals surface area contributed by atoms with Gasteiger partial charge in [-0.05, 0) is 49.7 Å². The molecule has 1 rings (SSSR count). The van der Waals surface area contributed by atoms with Crippen LogP contribution in [-0.2, 0) is 0 Å². The highest BCUT2D eigenvalue weighted by Gasteiger charge is 2.26. The molecule has 1 N–H and O–H groups in total. The van der Waals surface area contributed by atoms with E-state index in [-0.39, 0.29) is 5.54 Å². The Kier molecular flexibility index (Phi) is 5.36. The standard InChI is InChI=1S/C13H19IN2O/c1-4-5-12(14)13(2,3)15-10-6-8-11(16-17)9-7-10/h6-9,12,15H,4-5H2,1-3H3. The number of alkyl halides is 1. The third-order valence-corrected chi connectivity index (χ3v) is 4.94. The van der Waals surface area contributed by atoms with Gasteiger partial charge >= 0.3 is 0 Å². The predicted octanol–water partition coefficient (Wildman–Crippen LogP) is 4.88. The van der Waals surface area contributed by atoms with Crippen LogP contribution in [0.4, 0.5) is 11.4 Å². The van der Waals surface area contributed by atoms with E-state index in [2.05, 4.69) is 53.9 Å². The van der Waals surface area contributed by atoms with Crippen LogP contribution in [0, 0.1) is 4.91 Å². The lowest BCUT2D eigenvalue weighted by molar-refractivity contribution is 0.524. The van der Waals surface area contributed by atoms with E-state index in [4.69, 9.17) is 0 Å². The summed E-state index contributed by atoms with van der Waals surface area (Å²) in [6, 6.07) is 7.25. The summed E-state index contributed by atoms with van der Waals surface area (Å²) in [6.45, 7) is 6.60. The lowest BCUT2D eigenvalue weighted by Crippen LogP contribution is -2.40. The van der Waals surface area contributed by atoms with Crippen molar-refractivity contribution in [1.29, 1.82) is 0 Å². The number of nitrogens with zero attached hydrogens (tertiary/aromatic N) is 1. The fourth-order valence-corrected chi connectivity index (χ4v) is 2.45. The molecule has 0 aromatic heterocycles. The molecule has 0 spiro atoms. The Balaban J connectivity index is 2.71. The first-order valence-corrected chi connectivity index (χ1v) is 7.10. The van der Waals surface area contributed by atoms with E-state index in [0.29, 0.717) is 9.61 Å². The van der Waals surface area contributed by atoms with Crippen molar-refractivity contribution in [1.82, 2.24) is 0 Å². The fraction of sp³-hybridized carbons (Fsp3) is 0.538. The molecule has 1 aromatic carbocycles. The summed E-state index contributed by atoms with van der Waals surface area (Å²) < 4.78 is 0.564. The maximum absolute atomic E-state index is 10.3. The van der Waals surface area contributed by atoms with Gasteiger partial charge in [0.2, 0.25) is 0 Å². The minimum atomic E-state index is 0.0344. The van der Waals surface area contributed by atoms with Crippen molar-refractivity contribution in [2.75, 3.05) is 5.32 Å². The highest BCUT2D eigenvalue weighted by atomic mass is 127. The molecular formula is C13H19IN2O. The Hall–Kier alpha value is -0.650. The van der Waals surface area contributed by atoms with Crippen molar-refractivity contribution in [2.24, 2.45) is 5.18 Å². The van der Waals surface area contributed by atoms with E-state index in [9.17, 15) is 4.91 Å². The van der Waals surface area contributed by atoms with Gasteiger partial charge in [-0.15, -0.1) is 4.91 Å². The number of nitroso groups, excluding NO2 is 1. The van der Waals surface area contributed by atoms with Crippen LogP contribution in [-0.4, -0.2) is 9.46 Å². The summed E-state index contributed by atoms with van der Waals surface area (Å²) in [5.74, 6) is 0. The Labute approximate surface area is 116 Å². The third kappa shape index (κ3) is 4.26. The number of halogens is 1. The molecular weight excluding hydrogens is 327 g/mol. The lowest BCUT2D eigenvalue weighted by atomic mass is 9.97. The molecule has 0 aliphatic rings. The second-order valence-corrected chi connectivity index (χ2v) is 6.24. The van der Waals surface area contributed by atoms with Gasteiger partial charge in [0.1, 0.15) is 5.69 Å². The summed E-state index contributed by atoms with van der Waals surface area (Å²) in [6.07, 6.45) is 2.38. The van der Waals surface area contributed by atoms with E-state index in [1.54, 1.807) is 12.1 Å². The summed E-state index contributed by atoms with van der Waals surface area (Å²) >= 11 is 2.49. The van der Waals surface area contributed by atoms with Gasteiger partial charge in [-0.25, -0.2) is 0 Å². The molecule has 0 heterocycles. The maximum atomic E-state index is 10.3. The molecule has 3 nitrogen and oxygen atoms in total. The number of rotatable bonds is 6. The fourth-order valence-electron chi connectivity index (χ4n) is 1.67. The SMILES string of the molecule is CCCC(I)C(C)(C)Nc1ccc(N=O)cc1. The molecule has 1 atom stereocenters. The Bertz CT molecular complexity index is 362. The number of anilines is 1. The second kappa shape index (κ2) is 6.33. The van der Waals surface area contributed by atoms with Gasteiger partial charge in [-0.1, -0.05) is 35.9 Å². The van der Waals surface area contributed by atoms with E-state index in [1.807, 2.05) is 12.1 Å². The molecule has 1 unspecified atom stereocenters. The Morgan fingerprint density at radius 2 is 1.94 bits per heavy atom. The van der Waals surface area contributed by atoms with Crippen LogP contribution in [0.2, 0.25) is 0 Å². The first kappa shape index (κ1) is 14.4. The first-order chi connectivity index (χ1) is 7.99. The summed E-state index contributed by atoms with van der Waals surface area (Å²) in [4.78, 5) is 10.3. The highest BCUT2D eigenvalue weighted by Crippen LogP contribution is 2.27. The van der Waals surface area contributed by atoms with Crippen LogP contribution >= 0.6 is 22.6 Å². The summed E-state index contributed by atoms with van der Waals surface area (Å²) in [5.41, 5.74) is 1.53. The second-order valence-electron chi connectivity index (χ2n) is 4.74. The monoisotopic (exact) mass is 346 g/mol. The molecule has 0 fully saturated rings. The van der Waals surface area contributed by atoms with Gasteiger partial charge in [0.05, 0.1) is 0 Å². The number of hydrogen-bond acceptors (Lipinski definition) is 3. The average molecular weight is 346 g/mol. The van der Waals surface area contributed by atoms with Gasteiger partial charge < -0.3 is 5.32 Å². The van der Waals surface area contributed by atoms with Crippen LogP contribution in [0.5, 0.6) is 0 Å². The molecule has 0 saturated carbocycles. The predicted molar refractivity (Wildman–Crippen MR) is 82.3 cm³/mol.